The Morgan fingerprint density at radius 1 is 0.939 bits per heavy atom. The zero-order chi connectivity index (χ0) is 24.4. The molecule has 1 rings (SSSR count). The maximum Gasteiger partial charge on any atom is 0.0810 e. The summed E-state index contributed by atoms with van der Waals surface area (Å²) in [7, 11) is 0. The lowest BCUT2D eigenvalue weighted by Gasteiger charge is -2.21. The molecule has 1 aliphatic carbocycles. The van der Waals surface area contributed by atoms with E-state index in [1.54, 1.807) is 0 Å². The van der Waals surface area contributed by atoms with Crippen molar-refractivity contribution >= 4 is 0 Å². The monoisotopic (exact) mass is 464 g/mol. The van der Waals surface area contributed by atoms with E-state index in [0.29, 0.717) is 52.2 Å². The molecule has 0 unspecified atom stereocenters. The van der Waals surface area contributed by atoms with Crippen LogP contribution in [0, 0.1) is 5.92 Å². The van der Waals surface area contributed by atoms with Crippen molar-refractivity contribution in [3.8, 4) is 0 Å². The first-order valence-electron chi connectivity index (χ1n) is 12.5. The van der Waals surface area contributed by atoms with Gasteiger partial charge in [-0.2, -0.15) is 0 Å². The predicted octanol–water partition coefficient (Wildman–Crippen LogP) is 5.80. The summed E-state index contributed by atoms with van der Waals surface area (Å²) in [6.45, 7) is 14.5. The Hall–Kier alpha value is -1.24. The Balaban J connectivity index is 2.32. The van der Waals surface area contributed by atoms with Gasteiger partial charge in [-0.3, -0.25) is 0 Å². The van der Waals surface area contributed by atoms with Crippen LogP contribution in [0.2, 0.25) is 0 Å². The highest BCUT2D eigenvalue weighted by Gasteiger charge is 2.14. The summed E-state index contributed by atoms with van der Waals surface area (Å²) in [5.41, 5.74) is 4.12. The summed E-state index contributed by atoms with van der Waals surface area (Å²) in [5, 5.41) is 8.61. The zero-order valence-corrected chi connectivity index (χ0v) is 21.7. The number of allylic oxidation sites excluding steroid dienone is 7. The number of hydrogen-bond donors (Lipinski definition) is 1. The standard InChI is InChI=1S/C28H48O5/c1-24-8-6-9-25(2)12-14-27(13-11-24)26(3)10-7-15-28(4,5)33-23-22-32-21-20-31-19-18-30-17-16-29/h7-8,10,12,15,27,29H,6,9,11,13-14,16-23H2,1-5H3/b15-7+,24-8?,25-12+,26-10+/t27-/m0/s1. The third-order valence-electron chi connectivity index (χ3n) is 5.85. The molecule has 5 heteroatoms. The molecule has 0 aromatic carbocycles. The van der Waals surface area contributed by atoms with E-state index in [2.05, 4.69) is 65.0 Å². The van der Waals surface area contributed by atoms with Crippen LogP contribution in [0.3, 0.4) is 0 Å². The van der Waals surface area contributed by atoms with Crippen LogP contribution < -0.4 is 0 Å². The highest BCUT2D eigenvalue weighted by Crippen LogP contribution is 2.26. The summed E-state index contributed by atoms with van der Waals surface area (Å²) in [6, 6.07) is 0. The van der Waals surface area contributed by atoms with Gasteiger partial charge < -0.3 is 24.1 Å². The maximum absolute atomic E-state index is 8.61. The molecule has 0 radical (unpaired) electrons. The molecule has 5 nitrogen and oxygen atoms in total. The molecule has 0 aromatic rings. The van der Waals surface area contributed by atoms with Crippen molar-refractivity contribution in [2.75, 3.05) is 52.9 Å². The Morgan fingerprint density at radius 2 is 1.55 bits per heavy atom. The highest BCUT2D eigenvalue weighted by atomic mass is 16.6. The molecule has 0 aliphatic heterocycles. The van der Waals surface area contributed by atoms with Gasteiger partial charge in [-0.1, -0.05) is 47.1 Å². The molecule has 33 heavy (non-hydrogen) atoms. The Kier molecular flexibility index (Phi) is 16.4. The van der Waals surface area contributed by atoms with Gasteiger partial charge in [0, 0.05) is 0 Å². The second kappa shape index (κ2) is 18.1. The minimum atomic E-state index is -0.340. The molecule has 1 atom stereocenters. The van der Waals surface area contributed by atoms with E-state index in [1.165, 1.54) is 42.4 Å². The second-order valence-corrected chi connectivity index (χ2v) is 9.39. The van der Waals surface area contributed by atoms with E-state index < -0.39 is 0 Å². The van der Waals surface area contributed by atoms with Crippen LogP contribution >= 0.6 is 0 Å². The van der Waals surface area contributed by atoms with Crippen molar-refractivity contribution < 1.29 is 24.1 Å². The minimum Gasteiger partial charge on any atom is -0.394 e. The summed E-state index contributed by atoms with van der Waals surface area (Å²) in [6.07, 6.45) is 17.2. The summed E-state index contributed by atoms with van der Waals surface area (Å²) < 4.78 is 22.1. The van der Waals surface area contributed by atoms with Gasteiger partial charge >= 0.3 is 0 Å². The Bertz CT molecular complexity index is 630. The van der Waals surface area contributed by atoms with Crippen molar-refractivity contribution in [3.63, 3.8) is 0 Å². The molecule has 0 amide bonds. The van der Waals surface area contributed by atoms with Crippen LogP contribution in [0.25, 0.3) is 0 Å². The third-order valence-corrected chi connectivity index (χ3v) is 5.85. The molecule has 0 saturated heterocycles. The second-order valence-electron chi connectivity index (χ2n) is 9.39. The molecule has 0 saturated carbocycles. The minimum absolute atomic E-state index is 0.0416. The molecule has 0 bridgehead atoms. The van der Waals surface area contributed by atoms with Gasteiger partial charge in [0.25, 0.3) is 0 Å². The molecule has 0 spiro atoms. The van der Waals surface area contributed by atoms with Crippen LogP contribution in [0.4, 0.5) is 0 Å². The van der Waals surface area contributed by atoms with Crippen molar-refractivity contribution in [3.05, 3.63) is 47.1 Å². The van der Waals surface area contributed by atoms with Crippen molar-refractivity contribution in [1.82, 2.24) is 0 Å². The molecular weight excluding hydrogens is 416 g/mol. The van der Waals surface area contributed by atoms with Gasteiger partial charge in [-0.15, -0.1) is 0 Å². The van der Waals surface area contributed by atoms with Crippen molar-refractivity contribution in [2.24, 2.45) is 5.92 Å². The van der Waals surface area contributed by atoms with Crippen LogP contribution in [-0.2, 0) is 18.9 Å². The molecule has 190 valence electrons. The van der Waals surface area contributed by atoms with Gasteiger partial charge in [0.15, 0.2) is 0 Å². The number of aliphatic hydroxyl groups is 1. The average molecular weight is 465 g/mol. The lowest BCUT2D eigenvalue weighted by molar-refractivity contribution is -0.0338. The summed E-state index contributed by atoms with van der Waals surface area (Å²) in [5.74, 6) is 0.590. The number of ether oxygens (including phenoxy) is 4. The number of rotatable bonds is 15. The first-order valence-corrected chi connectivity index (χ1v) is 12.5. The summed E-state index contributed by atoms with van der Waals surface area (Å²) in [4.78, 5) is 0. The molecule has 1 N–H and O–H groups in total. The fourth-order valence-electron chi connectivity index (χ4n) is 3.61. The molecule has 0 aromatic heterocycles. The van der Waals surface area contributed by atoms with Gasteiger partial charge in [-0.25, -0.2) is 0 Å². The Morgan fingerprint density at radius 3 is 2.21 bits per heavy atom. The van der Waals surface area contributed by atoms with Crippen molar-refractivity contribution in [1.29, 1.82) is 0 Å². The summed E-state index contributed by atoms with van der Waals surface area (Å²) >= 11 is 0. The Labute approximate surface area is 202 Å². The van der Waals surface area contributed by atoms with Crippen molar-refractivity contribution in [2.45, 2.75) is 72.3 Å². The van der Waals surface area contributed by atoms with Gasteiger partial charge in [0.05, 0.1) is 58.5 Å². The van der Waals surface area contributed by atoms with Gasteiger partial charge in [0.1, 0.15) is 0 Å². The van der Waals surface area contributed by atoms with E-state index in [9.17, 15) is 0 Å². The van der Waals surface area contributed by atoms with Gasteiger partial charge in [0.2, 0.25) is 0 Å². The van der Waals surface area contributed by atoms with E-state index >= 15 is 0 Å². The molecule has 0 heterocycles. The van der Waals surface area contributed by atoms with E-state index in [-0.39, 0.29) is 12.2 Å². The SMILES string of the molecule is CC1=CCC/C(C)=C/C[C@@H](/C(C)=C/C=C/C(C)(C)OCCOCCOCCOCCO)CC1. The quantitative estimate of drug-likeness (QED) is 0.189. The zero-order valence-electron chi connectivity index (χ0n) is 21.7. The normalized spacial score (nSPS) is 20.5. The maximum atomic E-state index is 8.61. The third kappa shape index (κ3) is 16.1. The van der Waals surface area contributed by atoms with Crippen LogP contribution in [0.5, 0.6) is 0 Å². The van der Waals surface area contributed by atoms with E-state index in [0.717, 1.165) is 6.42 Å². The molecule has 1 aliphatic rings. The van der Waals surface area contributed by atoms with Crippen LogP contribution in [0.15, 0.2) is 47.1 Å². The van der Waals surface area contributed by atoms with E-state index in [1.807, 2.05) is 0 Å². The lowest BCUT2D eigenvalue weighted by atomic mass is 9.88. The predicted molar refractivity (Wildman–Crippen MR) is 137 cm³/mol. The molecule has 0 fully saturated rings. The van der Waals surface area contributed by atoms with Crippen LogP contribution in [0.1, 0.15) is 66.7 Å². The fourth-order valence-corrected chi connectivity index (χ4v) is 3.61. The first-order chi connectivity index (χ1) is 15.8. The smallest absolute Gasteiger partial charge is 0.0810 e. The largest absolute Gasteiger partial charge is 0.394 e. The average Bonchev–Trinajstić information content (AvgIpc) is 2.77. The number of hydrogen-bond acceptors (Lipinski definition) is 5. The lowest BCUT2D eigenvalue weighted by Crippen LogP contribution is -2.24. The highest BCUT2D eigenvalue weighted by molar-refractivity contribution is 5.18. The van der Waals surface area contributed by atoms with Gasteiger partial charge in [-0.05, 0) is 72.6 Å². The van der Waals surface area contributed by atoms with Crippen LogP contribution in [-0.4, -0.2) is 63.6 Å². The van der Waals surface area contributed by atoms with E-state index in [4.69, 9.17) is 24.1 Å². The fraction of sp³-hybridized carbons (Fsp3) is 0.714. The first kappa shape index (κ1) is 29.8. The number of aliphatic hydroxyl groups excluding tert-OH is 1. The topological polar surface area (TPSA) is 57.2 Å². The molecular formula is C28H48O5.